The summed E-state index contributed by atoms with van der Waals surface area (Å²) in [5.74, 6) is -0.768. The van der Waals surface area contributed by atoms with Crippen LogP contribution < -0.4 is 21.0 Å². The van der Waals surface area contributed by atoms with Crippen molar-refractivity contribution >= 4 is 28.1 Å². The molecule has 2 atom stereocenters. The largest absolute Gasteiger partial charge is 0.488 e. The van der Waals surface area contributed by atoms with E-state index in [4.69, 9.17) is 13.9 Å². The van der Waals surface area contributed by atoms with Gasteiger partial charge in [-0.15, -0.1) is 10.2 Å². The minimum Gasteiger partial charge on any atom is -0.488 e. The summed E-state index contributed by atoms with van der Waals surface area (Å²) in [6.07, 6.45) is 4.40. The highest BCUT2D eigenvalue weighted by Crippen LogP contribution is 2.29. The highest BCUT2D eigenvalue weighted by Gasteiger charge is 2.27. The zero-order valence-corrected chi connectivity index (χ0v) is 18.1. The summed E-state index contributed by atoms with van der Waals surface area (Å²) < 4.78 is 17.3. The number of nitrogens with zero attached hydrogens (tertiary/aromatic N) is 4. The fraction of sp³-hybridized carbons (Fsp3) is 0.421. The lowest BCUT2D eigenvalue weighted by Crippen LogP contribution is -2.21. The summed E-state index contributed by atoms with van der Waals surface area (Å²) in [5.41, 5.74) is 0.536. The highest BCUT2D eigenvalue weighted by molar-refractivity contribution is 7.17. The van der Waals surface area contributed by atoms with Crippen molar-refractivity contribution in [1.29, 1.82) is 0 Å². The van der Waals surface area contributed by atoms with Crippen LogP contribution in [0, 0.1) is 6.92 Å². The number of methoxy groups -OCH3 is 2. The molecular weight excluding hydrogens is 424 g/mol. The summed E-state index contributed by atoms with van der Waals surface area (Å²) in [5, 5.41) is 18.8. The van der Waals surface area contributed by atoms with E-state index in [2.05, 4.69) is 25.9 Å². The minimum absolute atomic E-state index is 0.0183. The van der Waals surface area contributed by atoms with Gasteiger partial charge in [0.2, 0.25) is 16.0 Å². The van der Waals surface area contributed by atoms with Gasteiger partial charge < -0.3 is 19.2 Å². The van der Waals surface area contributed by atoms with Crippen LogP contribution in [-0.4, -0.2) is 52.3 Å². The van der Waals surface area contributed by atoms with Crippen LogP contribution in [0.5, 0.6) is 5.75 Å². The zero-order valence-electron chi connectivity index (χ0n) is 17.2. The van der Waals surface area contributed by atoms with Gasteiger partial charge in [0, 0.05) is 31.1 Å². The predicted molar refractivity (Wildman–Crippen MR) is 113 cm³/mol. The first-order valence-corrected chi connectivity index (χ1v) is 10.5. The van der Waals surface area contributed by atoms with E-state index in [0.29, 0.717) is 10.8 Å². The fourth-order valence-electron chi connectivity index (χ4n) is 3.48. The Kier molecular flexibility index (Phi) is 6.00. The van der Waals surface area contributed by atoms with Crippen LogP contribution in [0.4, 0.5) is 10.8 Å². The summed E-state index contributed by atoms with van der Waals surface area (Å²) >= 11 is 1.14. The number of carbonyl (C=O) groups is 1. The SMILES string of the molecule is COc1c(N[C@H]2CC[C@@H](OC)C2)cc(C(=O)Nc2nnc(-n3nccc3C)s2)oc1=O. The van der Waals surface area contributed by atoms with Gasteiger partial charge in [0.25, 0.3) is 5.91 Å². The Morgan fingerprint density at radius 3 is 2.84 bits per heavy atom. The molecule has 1 saturated carbocycles. The highest BCUT2D eigenvalue weighted by atomic mass is 32.1. The maximum atomic E-state index is 12.7. The number of amides is 1. The van der Waals surface area contributed by atoms with E-state index < -0.39 is 11.5 Å². The number of aryl methyl sites for hydroxylation is 1. The predicted octanol–water partition coefficient (Wildman–Crippen LogP) is 2.23. The van der Waals surface area contributed by atoms with Gasteiger partial charge in [0.1, 0.15) is 0 Å². The first-order chi connectivity index (χ1) is 15.0. The molecule has 0 unspecified atom stereocenters. The van der Waals surface area contributed by atoms with E-state index >= 15 is 0 Å². The van der Waals surface area contributed by atoms with E-state index in [1.807, 2.05) is 13.0 Å². The molecule has 4 rings (SSSR count). The molecule has 164 valence electrons. The van der Waals surface area contributed by atoms with Gasteiger partial charge in [-0.05, 0) is 32.3 Å². The van der Waals surface area contributed by atoms with E-state index in [0.717, 1.165) is 36.3 Å². The van der Waals surface area contributed by atoms with Crippen LogP contribution in [0.2, 0.25) is 0 Å². The van der Waals surface area contributed by atoms with E-state index in [9.17, 15) is 9.59 Å². The monoisotopic (exact) mass is 446 g/mol. The molecule has 12 heteroatoms. The lowest BCUT2D eigenvalue weighted by atomic mass is 10.2. The van der Waals surface area contributed by atoms with Gasteiger partial charge >= 0.3 is 5.63 Å². The second kappa shape index (κ2) is 8.86. The maximum Gasteiger partial charge on any atom is 0.381 e. The first kappa shape index (κ1) is 21.0. The third-order valence-electron chi connectivity index (χ3n) is 5.06. The standard InChI is InChI=1S/C19H22N6O5S/c1-10-6-7-20-25(10)19-24-23-18(31-19)22-16(26)14-9-13(15(29-3)17(27)30-14)21-11-4-5-12(8-11)28-2/h6-7,9,11-12,21H,4-5,8H2,1-3H3,(H,22,23,26)/t11-,12+/m0/s1. The Bertz CT molecular complexity index is 1140. The summed E-state index contributed by atoms with van der Waals surface area (Å²) in [4.78, 5) is 25.1. The van der Waals surface area contributed by atoms with Crippen molar-refractivity contribution in [1.82, 2.24) is 20.0 Å². The Balaban J connectivity index is 1.53. The smallest absolute Gasteiger partial charge is 0.381 e. The molecule has 1 aliphatic carbocycles. The molecule has 0 bridgehead atoms. The molecule has 1 aliphatic rings. The van der Waals surface area contributed by atoms with E-state index in [1.54, 1.807) is 18.0 Å². The first-order valence-electron chi connectivity index (χ1n) is 9.65. The van der Waals surface area contributed by atoms with Crippen molar-refractivity contribution in [3.05, 3.63) is 40.2 Å². The second-order valence-electron chi connectivity index (χ2n) is 7.09. The van der Waals surface area contributed by atoms with Crippen LogP contribution in [0.3, 0.4) is 0 Å². The lowest BCUT2D eigenvalue weighted by Gasteiger charge is -2.16. The molecule has 31 heavy (non-hydrogen) atoms. The van der Waals surface area contributed by atoms with Gasteiger partial charge in [-0.2, -0.15) is 5.10 Å². The van der Waals surface area contributed by atoms with Crippen LogP contribution in [-0.2, 0) is 4.74 Å². The third kappa shape index (κ3) is 4.44. The van der Waals surface area contributed by atoms with Crippen LogP contribution in [0.25, 0.3) is 5.13 Å². The number of aromatic nitrogens is 4. The molecule has 11 nitrogen and oxygen atoms in total. The number of hydrogen-bond acceptors (Lipinski definition) is 10. The summed E-state index contributed by atoms with van der Waals surface area (Å²) in [6, 6.07) is 3.38. The molecule has 1 fully saturated rings. The quantitative estimate of drug-likeness (QED) is 0.560. The number of rotatable bonds is 7. The third-order valence-corrected chi connectivity index (χ3v) is 5.88. The molecule has 0 spiro atoms. The van der Waals surface area contributed by atoms with Gasteiger partial charge in [0.15, 0.2) is 5.76 Å². The Morgan fingerprint density at radius 2 is 2.16 bits per heavy atom. The molecule has 3 aromatic heterocycles. The van der Waals surface area contributed by atoms with Gasteiger partial charge in [-0.3, -0.25) is 10.1 Å². The van der Waals surface area contributed by atoms with Crippen LogP contribution in [0.1, 0.15) is 35.5 Å². The molecule has 0 saturated heterocycles. The summed E-state index contributed by atoms with van der Waals surface area (Å²) in [6.45, 7) is 1.88. The topological polar surface area (TPSA) is 133 Å². The fourth-order valence-corrected chi connectivity index (χ4v) is 4.24. The van der Waals surface area contributed by atoms with Crippen molar-refractivity contribution in [2.75, 3.05) is 24.9 Å². The normalized spacial score (nSPS) is 18.2. The molecule has 0 aromatic carbocycles. The van der Waals surface area contributed by atoms with Gasteiger partial charge in [-0.25, -0.2) is 9.48 Å². The summed E-state index contributed by atoms with van der Waals surface area (Å²) in [7, 11) is 3.06. The van der Waals surface area contributed by atoms with Crippen LogP contribution in [0.15, 0.2) is 27.5 Å². The minimum atomic E-state index is -0.746. The van der Waals surface area contributed by atoms with Crippen LogP contribution >= 0.6 is 11.3 Å². The molecule has 0 radical (unpaired) electrons. The van der Waals surface area contributed by atoms with Crippen molar-refractivity contribution in [3.63, 3.8) is 0 Å². The number of carbonyl (C=O) groups excluding carboxylic acids is 1. The number of hydrogen-bond donors (Lipinski definition) is 2. The van der Waals surface area contributed by atoms with E-state index in [1.165, 1.54) is 13.2 Å². The molecule has 2 N–H and O–H groups in total. The average molecular weight is 446 g/mol. The molecule has 0 aliphatic heterocycles. The molecule has 1 amide bonds. The number of ether oxygens (including phenoxy) is 2. The van der Waals surface area contributed by atoms with Crippen molar-refractivity contribution in [2.45, 2.75) is 38.3 Å². The molecule has 3 aromatic rings. The van der Waals surface area contributed by atoms with Gasteiger partial charge in [-0.1, -0.05) is 11.3 Å². The molecule has 3 heterocycles. The lowest BCUT2D eigenvalue weighted by molar-refractivity contribution is 0.0991. The zero-order chi connectivity index (χ0) is 22.0. The second-order valence-corrected chi connectivity index (χ2v) is 8.04. The Labute approximate surface area is 181 Å². The van der Waals surface area contributed by atoms with Crippen molar-refractivity contribution < 1.29 is 18.7 Å². The number of nitrogens with one attached hydrogen (secondary N) is 2. The van der Waals surface area contributed by atoms with E-state index in [-0.39, 0.29) is 28.8 Å². The van der Waals surface area contributed by atoms with Crippen molar-refractivity contribution in [3.8, 4) is 10.9 Å². The van der Waals surface area contributed by atoms with Crippen molar-refractivity contribution in [2.24, 2.45) is 0 Å². The maximum absolute atomic E-state index is 12.7. The Hall–Kier alpha value is -3.25. The molecular formula is C19H22N6O5S. The number of anilines is 2. The van der Waals surface area contributed by atoms with Gasteiger partial charge in [0.05, 0.1) is 18.9 Å². The average Bonchev–Trinajstić information content (AvgIpc) is 3.49. The Morgan fingerprint density at radius 1 is 1.32 bits per heavy atom.